The van der Waals surface area contributed by atoms with E-state index in [1.165, 1.54) is 23.8 Å². The highest BCUT2D eigenvalue weighted by Crippen LogP contribution is 2.37. The van der Waals surface area contributed by atoms with Crippen LogP contribution in [0.15, 0.2) is 66.9 Å². The molecule has 0 spiro atoms. The van der Waals surface area contributed by atoms with E-state index in [4.69, 9.17) is 0 Å². The van der Waals surface area contributed by atoms with Gasteiger partial charge in [0.05, 0.1) is 11.7 Å². The minimum Gasteiger partial charge on any atom is -0.479 e. The monoisotopic (exact) mass is 533 g/mol. The summed E-state index contributed by atoms with van der Waals surface area (Å²) in [4.78, 5) is 54.2. The van der Waals surface area contributed by atoms with E-state index in [0.717, 1.165) is 37.1 Å². The minimum absolute atomic E-state index is 0.00967. The molecular weight excluding hydrogens is 498 g/mol. The summed E-state index contributed by atoms with van der Waals surface area (Å²) in [5, 5.41) is 23.0. The van der Waals surface area contributed by atoms with Crippen LogP contribution in [0, 0.1) is 5.92 Å². The van der Waals surface area contributed by atoms with Gasteiger partial charge in [0.25, 0.3) is 5.91 Å². The quantitative estimate of drug-likeness (QED) is 0.537. The van der Waals surface area contributed by atoms with Gasteiger partial charge in [0.1, 0.15) is 6.04 Å². The standard InChI is InChI=1S/C30H35N3O6/c1-20(34)31-19-26(23-14-8-4-9-15-23)33(29(37)27(31)24-16-10-5-11-17-24)32(21(2)35)25(28(36)30(38)39)18-22-12-6-3-7-13-22/h3-4,6-9,12-15,19,24-25,27-28,36H,5,10-11,16-18H2,1-2H3,(H,38,39)/t25-,27?,28?/m0/s1. The van der Waals surface area contributed by atoms with Gasteiger partial charge in [0, 0.05) is 25.6 Å². The molecule has 39 heavy (non-hydrogen) atoms. The predicted molar refractivity (Wildman–Crippen MR) is 144 cm³/mol. The third-order valence-electron chi connectivity index (χ3n) is 7.54. The number of benzene rings is 2. The number of hydrogen-bond donors (Lipinski definition) is 2. The first-order valence-corrected chi connectivity index (χ1v) is 13.3. The van der Waals surface area contributed by atoms with Crippen LogP contribution < -0.4 is 0 Å². The number of aliphatic hydroxyl groups is 1. The zero-order valence-electron chi connectivity index (χ0n) is 22.3. The highest BCUT2D eigenvalue weighted by Gasteiger charge is 2.48. The Morgan fingerprint density at radius 3 is 2.08 bits per heavy atom. The molecule has 9 heteroatoms. The molecule has 2 aliphatic rings. The Kier molecular flexibility index (Phi) is 8.81. The summed E-state index contributed by atoms with van der Waals surface area (Å²) in [7, 11) is 0. The van der Waals surface area contributed by atoms with E-state index in [-0.39, 0.29) is 23.9 Å². The lowest BCUT2D eigenvalue weighted by Crippen LogP contribution is -2.65. The fraction of sp³-hybridized carbons (Fsp3) is 0.400. The number of hydrogen-bond acceptors (Lipinski definition) is 5. The van der Waals surface area contributed by atoms with Crippen LogP contribution in [0.1, 0.15) is 57.1 Å². The van der Waals surface area contributed by atoms with E-state index in [1.54, 1.807) is 54.7 Å². The van der Waals surface area contributed by atoms with E-state index in [9.17, 15) is 29.4 Å². The van der Waals surface area contributed by atoms with Crippen LogP contribution in [0.4, 0.5) is 0 Å². The van der Waals surface area contributed by atoms with Crippen LogP contribution in [-0.4, -0.2) is 67.0 Å². The second kappa shape index (κ2) is 12.3. The van der Waals surface area contributed by atoms with Crippen molar-refractivity contribution < 1.29 is 29.4 Å². The van der Waals surface area contributed by atoms with Gasteiger partial charge in [-0.1, -0.05) is 79.9 Å². The average Bonchev–Trinajstić information content (AvgIpc) is 2.94. The molecular formula is C30H35N3O6. The molecule has 9 nitrogen and oxygen atoms in total. The summed E-state index contributed by atoms with van der Waals surface area (Å²) in [5.74, 6) is -3.02. The van der Waals surface area contributed by atoms with Gasteiger partial charge in [-0.05, 0) is 30.7 Å². The van der Waals surface area contributed by atoms with Gasteiger partial charge in [0.2, 0.25) is 11.8 Å². The first kappa shape index (κ1) is 28.0. The molecule has 3 atom stereocenters. The number of carboxylic acid groups (broad SMARTS) is 1. The molecule has 1 fully saturated rings. The number of amides is 3. The molecule has 0 saturated heterocycles. The van der Waals surface area contributed by atoms with Crippen molar-refractivity contribution in [1.82, 2.24) is 14.9 Å². The molecule has 1 aliphatic heterocycles. The number of carboxylic acids is 1. The Morgan fingerprint density at radius 2 is 1.54 bits per heavy atom. The SMILES string of the molecule is CC(=O)N1C=C(c2ccccc2)N(N(C(C)=O)[C@@H](Cc2ccccc2)C(O)C(=O)O)C(=O)C1C1CCCCC1. The maximum absolute atomic E-state index is 14.5. The second-order valence-electron chi connectivity index (χ2n) is 10.2. The lowest BCUT2D eigenvalue weighted by molar-refractivity contribution is -0.175. The first-order valence-electron chi connectivity index (χ1n) is 13.3. The van der Waals surface area contributed by atoms with Crippen molar-refractivity contribution in [2.24, 2.45) is 5.92 Å². The van der Waals surface area contributed by atoms with Crippen LogP contribution in [0.2, 0.25) is 0 Å². The highest BCUT2D eigenvalue weighted by atomic mass is 16.4. The van der Waals surface area contributed by atoms with Crippen molar-refractivity contribution in [3.8, 4) is 0 Å². The van der Waals surface area contributed by atoms with Crippen molar-refractivity contribution in [3.05, 3.63) is 78.0 Å². The molecule has 0 aromatic heterocycles. The summed E-state index contributed by atoms with van der Waals surface area (Å²) in [6.07, 6.45) is 4.03. The zero-order chi connectivity index (χ0) is 28.1. The summed E-state index contributed by atoms with van der Waals surface area (Å²) >= 11 is 0. The number of aliphatic carboxylic acids is 1. The minimum atomic E-state index is -1.97. The van der Waals surface area contributed by atoms with E-state index in [2.05, 4.69) is 0 Å². The Balaban J connectivity index is 1.90. The van der Waals surface area contributed by atoms with Crippen molar-refractivity contribution in [1.29, 1.82) is 0 Å². The summed E-state index contributed by atoms with van der Waals surface area (Å²) in [6.45, 7) is 2.66. The number of hydrazine groups is 1. The van der Waals surface area contributed by atoms with E-state index < -0.39 is 36.0 Å². The van der Waals surface area contributed by atoms with Gasteiger partial charge < -0.3 is 15.1 Å². The summed E-state index contributed by atoms with van der Waals surface area (Å²) < 4.78 is 0. The third kappa shape index (κ3) is 6.04. The van der Waals surface area contributed by atoms with Gasteiger partial charge in [0.15, 0.2) is 6.10 Å². The van der Waals surface area contributed by atoms with Gasteiger partial charge in [-0.15, -0.1) is 0 Å². The van der Waals surface area contributed by atoms with Crippen LogP contribution in [0.3, 0.4) is 0 Å². The van der Waals surface area contributed by atoms with Gasteiger partial charge in [-0.3, -0.25) is 14.4 Å². The van der Waals surface area contributed by atoms with Crippen LogP contribution in [0.5, 0.6) is 0 Å². The lowest BCUT2D eigenvalue weighted by atomic mass is 9.82. The maximum atomic E-state index is 14.5. The van der Waals surface area contributed by atoms with Gasteiger partial charge >= 0.3 is 5.97 Å². The molecule has 2 unspecified atom stereocenters. The molecule has 1 aliphatic carbocycles. The Bertz CT molecular complexity index is 1230. The van der Waals surface area contributed by atoms with Gasteiger partial charge in [-0.25, -0.2) is 14.8 Å². The van der Waals surface area contributed by atoms with Crippen molar-refractivity contribution in [2.45, 2.75) is 70.6 Å². The molecule has 0 bridgehead atoms. The molecule has 1 saturated carbocycles. The van der Waals surface area contributed by atoms with Crippen molar-refractivity contribution in [3.63, 3.8) is 0 Å². The Labute approximate surface area is 228 Å². The zero-order valence-corrected chi connectivity index (χ0v) is 22.3. The van der Waals surface area contributed by atoms with Crippen molar-refractivity contribution >= 4 is 29.4 Å². The largest absolute Gasteiger partial charge is 0.479 e. The molecule has 3 amide bonds. The number of nitrogens with zero attached hydrogens (tertiary/aromatic N) is 3. The molecule has 1 heterocycles. The average molecular weight is 534 g/mol. The number of rotatable bonds is 8. The van der Waals surface area contributed by atoms with Gasteiger partial charge in [-0.2, -0.15) is 0 Å². The number of aliphatic hydroxyl groups excluding tert-OH is 1. The summed E-state index contributed by atoms with van der Waals surface area (Å²) in [5.41, 5.74) is 1.51. The van der Waals surface area contributed by atoms with E-state index in [1.807, 2.05) is 12.1 Å². The smallest absolute Gasteiger partial charge is 0.334 e. The topological polar surface area (TPSA) is 118 Å². The van der Waals surface area contributed by atoms with Crippen LogP contribution >= 0.6 is 0 Å². The third-order valence-corrected chi connectivity index (χ3v) is 7.54. The highest BCUT2D eigenvalue weighted by molar-refractivity contribution is 5.98. The molecule has 2 N–H and O–H groups in total. The van der Waals surface area contributed by atoms with E-state index >= 15 is 0 Å². The molecule has 0 radical (unpaired) electrons. The fourth-order valence-electron chi connectivity index (χ4n) is 5.70. The first-order chi connectivity index (χ1) is 18.7. The normalized spacial score (nSPS) is 19.7. The fourth-order valence-corrected chi connectivity index (χ4v) is 5.70. The summed E-state index contributed by atoms with van der Waals surface area (Å²) in [6, 6.07) is 15.6. The van der Waals surface area contributed by atoms with Crippen LogP contribution in [-0.2, 0) is 25.6 Å². The molecule has 206 valence electrons. The van der Waals surface area contributed by atoms with E-state index in [0.29, 0.717) is 11.1 Å². The molecule has 4 rings (SSSR count). The Hall–Kier alpha value is -3.98. The van der Waals surface area contributed by atoms with Crippen molar-refractivity contribution in [2.75, 3.05) is 0 Å². The molecule has 2 aromatic carbocycles. The second-order valence-corrected chi connectivity index (χ2v) is 10.2. The molecule has 2 aromatic rings. The maximum Gasteiger partial charge on any atom is 0.334 e. The number of carbonyl (C=O) groups is 4. The predicted octanol–water partition coefficient (Wildman–Crippen LogP) is 3.44. The lowest BCUT2D eigenvalue weighted by Gasteiger charge is -2.48. The number of carbonyl (C=O) groups excluding carboxylic acids is 3. The Morgan fingerprint density at radius 1 is 0.949 bits per heavy atom. The van der Waals surface area contributed by atoms with Crippen LogP contribution in [0.25, 0.3) is 5.70 Å².